The van der Waals surface area contributed by atoms with Gasteiger partial charge in [0.25, 0.3) is 0 Å². The van der Waals surface area contributed by atoms with Crippen LogP contribution in [0.4, 0.5) is 0 Å². The lowest BCUT2D eigenvalue weighted by Crippen LogP contribution is -2.58. The Balaban J connectivity index is 1.31. The van der Waals surface area contributed by atoms with Gasteiger partial charge >= 0.3 is 0 Å². The number of allylic oxidation sites excluding steroid dienone is 1. The third-order valence-electron chi connectivity index (χ3n) is 11.3. The summed E-state index contributed by atoms with van der Waals surface area (Å²) in [5.41, 5.74) is 1.09. The number of aliphatic hydroxyl groups is 3. The fourth-order valence-corrected chi connectivity index (χ4v) is 9.91. The first-order chi connectivity index (χ1) is 15.1. The second-order valence-corrected chi connectivity index (χ2v) is 13.0. The number of hydrogen-bond donors (Lipinski definition) is 3. The van der Waals surface area contributed by atoms with Crippen molar-refractivity contribution in [2.75, 3.05) is 6.61 Å². The molecule has 0 aromatic rings. The number of rotatable bonds is 0. The number of fused-ring (bicyclic) bond motifs is 7. The zero-order valence-corrected chi connectivity index (χ0v) is 20.2. The maximum Gasteiger partial charge on any atom is 0.171 e. The highest BCUT2D eigenvalue weighted by Gasteiger charge is 2.70. The van der Waals surface area contributed by atoms with Crippen LogP contribution in [0.1, 0.15) is 72.6 Å². The molecule has 0 bridgehead atoms. The molecule has 0 aromatic heterocycles. The Kier molecular flexibility index (Phi) is 4.84. The molecule has 6 rings (SSSR count). The number of hydrogen-bond acceptors (Lipinski definition) is 5. The third-order valence-corrected chi connectivity index (χ3v) is 11.3. The molecule has 0 amide bonds. The maximum absolute atomic E-state index is 11.7. The highest BCUT2D eigenvalue weighted by molar-refractivity contribution is 5.28. The van der Waals surface area contributed by atoms with Crippen molar-refractivity contribution in [3.63, 3.8) is 0 Å². The summed E-state index contributed by atoms with van der Waals surface area (Å²) < 4.78 is 13.2. The van der Waals surface area contributed by atoms with E-state index in [0.29, 0.717) is 36.0 Å². The van der Waals surface area contributed by atoms with Crippen LogP contribution in [-0.4, -0.2) is 52.1 Å². The second kappa shape index (κ2) is 7.04. The molecule has 2 heterocycles. The molecule has 3 N–H and O–H groups in total. The largest absolute Gasteiger partial charge is 0.393 e. The van der Waals surface area contributed by atoms with Crippen LogP contribution in [0, 0.1) is 46.3 Å². The van der Waals surface area contributed by atoms with E-state index in [1.54, 1.807) is 0 Å². The molecule has 5 nitrogen and oxygen atoms in total. The summed E-state index contributed by atoms with van der Waals surface area (Å²) in [5.74, 6) is 2.09. The molecular weight excluding hydrogens is 404 g/mol. The molecule has 5 fully saturated rings. The van der Waals surface area contributed by atoms with Gasteiger partial charge < -0.3 is 24.8 Å². The molecule has 3 saturated carbocycles. The molecule has 0 radical (unpaired) electrons. The fourth-order valence-electron chi connectivity index (χ4n) is 9.91. The fraction of sp³-hybridized carbons (Fsp3) is 0.926. The van der Waals surface area contributed by atoms with Crippen molar-refractivity contribution < 1.29 is 24.8 Å². The highest BCUT2D eigenvalue weighted by atomic mass is 16.7. The first-order valence-electron chi connectivity index (χ1n) is 13.2. The summed E-state index contributed by atoms with van der Waals surface area (Å²) in [5, 5.41) is 32.4. The molecule has 2 aliphatic heterocycles. The summed E-state index contributed by atoms with van der Waals surface area (Å²) in [7, 11) is 0. The molecule has 1 spiro atoms. The molecule has 0 unspecified atom stereocenters. The van der Waals surface area contributed by atoms with Gasteiger partial charge in [-0.25, -0.2) is 0 Å². The van der Waals surface area contributed by atoms with Crippen LogP contribution in [0.3, 0.4) is 0 Å². The van der Waals surface area contributed by atoms with Gasteiger partial charge in [-0.15, -0.1) is 0 Å². The van der Waals surface area contributed by atoms with Crippen molar-refractivity contribution in [2.45, 2.75) is 103 Å². The Morgan fingerprint density at radius 3 is 2.50 bits per heavy atom. The van der Waals surface area contributed by atoms with Crippen LogP contribution in [-0.2, 0) is 9.47 Å². The summed E-state index contributed by atoms with van der Waals surface area (Å²) in [4.78, 5) is 0. The van der Waals surface area contributed by atoms with E-state index in [0.717, 1.165) is 38.7 Å². The zero-order valence-electron chi connectivity index (χ0n) is 20.2. The van der Waals surface area contributed by atoms with Crippen molar-refractivity contribution in [1.29, 1.82) is 0 Å². The Bertz CT molecular complexity index is 802. The molecule has 2 saturated heterocycles. The van der Waals surface area contributed by atoms with Crippen molar-refractivity contribution in [1.82, 2.24) is 0 Å². The lowest BCUT2D eigenvalue weighted by Gasteiger charge is -2.61. The van der Waals surface area contributed by atoms with Crippen LogP contribution in [0.2, 0.25) is 0 Å². The monoisotopic (exact) mass is 446 g/mol. The standard InChI is InChI=1S/C27H42O5/c1-14-7-8-27(31-13-14)15(2)23-22(32-27)10-18-17-6-5-16-9-19(28)20(29)11-25(16,3)24(17)21(30)12-26(18,23)4/h9,14-15,17-24,28-30H,5-8,10-13H2,1-4H3/t14-,15+,17+,18+,19-,20+,21-,22+,23+,24-,25+,26+,27-/m1/s1. The van der Waals surface area contributed by atoms with Crippen LogP contribution < -0.4 is 0 Å². The molecule has 4 aliphatic carbocycles. The van der Waals surface area contributed by atoms with Crippen molar-refractivity contribution in [2.24, 2.45) is 46.3 Å². The highest BCUT2D eigenvalue weighted by Crippen LogP contribution is 2.71. The average Bonchev–Trinajstić information content (AvgIpc) is 3.16. The Hall–Kier alpha value is -0.460. The van der Waals surface area contributed by atoms with E-state index < -0.39 is 18.0 Å². The number of aliphatic hydroxyl groups excluding tert-OH is 3. The quantitative estimate of drug-likeness (QED) is 0.495. The third kappa shape index (κ3) is 2.75. The predicted octanol–water partition coefficient (Wildman–Crippen LogP) is 3.66. The zero-order chi connectivity index (χ0) is 22.6. The van der Waals surface area contributed by atoms with Gasteiger partial charge in [0.1, 0.15) is 0 Å². The van der Waals surface area contributed by atoms with Crippen molar-refractivity contribution >= 4 is 0 Å². The normalized spacial score (nSPS) is 61.5. The van der Waals surface area contributed by atoms with Crippen LogP contribution in [0.5, 0.6) is 0 Å². The van der Waals surface area contributed by atoms with Gasteiger partial charge in [-0.2, -0.15) is 0 Å². The summed E-state index contributed by atoms with van der Waals surface area (Å²) in [6.45, 7) is 10.1. The Morgan fingerprint density at radius 1 is 1.00 bits per heavy atom. The topological polar surface area (TPSA) is 79.2 Å². The van der Waals surface area contributed by atoms with Crippen molar-refractivity contribution in [3.05, 3.63) is 11.6 Å². The van der Waals surface area contributed by atoms with Crippen LogP contribution >= 0.6 is 0 Å². The number of ether oxygens (including phenoxy) is 2. The second-order valence-electron chi connectivity index (χ2n) is 13.0. The van der Waals surface area contributed by atoms with Gasteiger partial charge in [0, 0.05) is 12.3 Å². The van der Waals surface area contributed by atoms with Gasteiger partial charge in [0.15, 0.2) is 5.79 Å². The van der Waals surface area contributed by atoms with Gasteiger partial charge in [0.2, 0.25) is 0 Å². The predicted molar refractivity (Wildman–Crippen MR) is 120 cm³/mol. The first kappa shape index (κ1) is 22.0. The van der Waals surface area contributed by atoms with E-state index in [1.165, 1.54) is 12.0 Å². The minimum atomic E-state index is -0.768. The minimum Gasteiger partial charge on any atom is -0.393 e. The van der Waals surface area contributed by atoms with Crippen LogP contribution in [0.15, 0.2) is 11.6 Å². The van der Waals surface area contributed by atoms with E-state index in [9.17, 15) is 15.3 Å². The summed E-state index contributed by atoms with van der Waals surface area (Å²) in [6.07, 6.45) is 6.85. The summed E-state index contributed by atoms with van der Waals surface area (Å²) >= 11 is 0. The van der Waals surface area contributed by atoms with E-state index in [1.807, 2.05) is 6.08 Å². The minimum absolute atomic E-state index is 0.0605. The average molecular weight is 447 g/mol. The molecule has 32 heavy (non-hydrogen) atoms. The molecule has 13 atom stereocenters. The van der Waals surface area contributed by atoms with Gasteiger partial charge in [0.05, 0.1) is 31.0 Å². The molecular formula is C27H42O5. The molecule has 0 aromatic carbocycles. The Morgan fingerprint density at radius 2 is 1.78 bits per heavy atom. The van der Waals surface area contributed by atoms with Gasteiger partial charge in [-0.05, 0) is 78.9 Å². The van der Waals surface area contributed by atoms with Crippen LogP contribution in [0.25, 0.3) is 0 Å². The lowest BCUT2D eigenvalue weighted by atomic mass is 9.45. The van der Waals surface area contributed by atoms with Gasteiger partial charge in [-0.1, -0.05) is 39.3 Å². The molecule has 180 valence electrons. The maximum atomic E-state index is 11.7. The van der Waals surface area contributed by atoms with E-state index in [-0.39, 0.29) is 29.0 Å². The van der Waals surface area contributed by atoms with E-state index >= 15 is 0 Å². The molecule has 5 heteroatoms. The van der Waals surface area contributed by atoms with E-state index in [2.05, 4.69) is 27.7 Å². The SMILES string of the molecule is C[C@@H]1CC[C@@]2(OC1)O[C@H]1C[C@H]3[C@@H]4CCC5=C[C@@H](O)[C@@H](O)C[C@]5(C)[C@H]4[C@H](O)C[C@]3(C)[C@H]1[C@@H]2C. The molecule has 6 aliphatic rings. The van der Waals surface area contributed by atoms with Crippen molar-refractivity contribution in [3.8, 4) is 0 Å². The van der Waals surface area contributed by atoms with E-state index in [4.69, 9.17) is 9.47 Å². The Labute approximate surface area is 192 Å². The first-order valence-corrected chi connectivity index (χ1v) is 13.2. The van der Waals surface area contributed by atoms with Gasteiger partial charge in [-0.3, -0.25) is 0 Å². The smallest absolute Gasteiger partial charge is 0.171 e. The lowest BCUT2D eigenvalue weighted by molar-refractivity contribution is -0.273. The summed E-state index contributed by atoms with van der Waals surface area (Å²) in [6, 6.07) is 0.